The second-order valence-electron chi connectivity index (χ2n) is 6.79. The van der Waals surface area contributed by atoms with Gasteiger partial charge in [0.15, 0.2) is 14.1 Å². The minimum atomic E-state index is -1.76. The predicted molar refractivity (Wildman–Crippen MR) is 80.0 cm³/mol. The summed E-state index contributed by atoms with van der Waals surface area (Å²) in [6, 6.07) is 1.97. The first kappa shape index (κ1) is 15.8. The van der Waals surface area contributed by atoms with Crippen molar-refractivity contribution >= 4 is 8.32 Å². The number of hydrogen-bond acceptors (Lipinski definition) is 4. The van der Waals surface area contributed by atoms with E-state index in [9.17, 15) is 0 Å². The topological polar surface area (TPSA) is 40.8 Å². The van der Waals surface area contributed by atoms with Crippen LogP contribution in [0.15, 0.2) is 23.0 Å². The quantitative estimate of drug-likeness (QED) is 0.773. The lowest BCUT2D eigenvalue weighted by Crippen LogP contribution is -2.49. The van der Waals surface area contributed by atoms with Gasteiger partial charge in [0.05, 0.1) is 19.1 Å². The van der Waals surface area contributed by atoms with Gasteiger partial charge in [0.2, 0.25) is 0 Å². The minimum Gasteiger partial charge on any atom is -0.472 e. The van der Waals surface area contributed by atoms with E-state index in [1.807, 2.05) is 19.9 Å². The molecule has 0 aromatic carbocycles. The van der Waals surface area contributed by atoms with Crippen molar-refractivity contribution in [3.05, 3.63) is 24.2 Å². The molecule has 1 saturated heterocycles. The third-order valence-electron chi connectivity index (χ3n) is 3.55. The third kappa shape index (κ3) is 3.16. The molecule has 1 fully saturated rings. The number of ether oxygens (including phenoxy) is 2. The summed E-state index contributed by atoms with van der Waals surface area (Å²) in [5, 5.41) is 0. The second-order valence-corrected chi connectivity index (χ2v) is 11.2. The summed E-state index contributed by atoms with van der Waals surface area (Å²) in [7, 11) is -1.76. The van der Waals surface area contributed by atoms with Gasteiger partial charge < -0.3 is 18.3 Å². The summed E-state index contributed by atoms with van der Waals surface area (Å²) in [5.41, 5.74) is 0.541. The number of hydrogen-bond donors (Lipinski definition) is 0. The summed E-state index contributed by atoms with van der Waals surface area (Å²) in [6.45, 7) is 13.1. The molecule has 5 heteroatoms. The Morgan fingerprint density at radius 1 is 1.40 bits per heavy atom. The molecule has 2 atom stereocenters. The van der Waals surface area contributed by atoms with E-state index in [0.29, 0.717) is 6.61 Å². The maximum Gasteiger partial charge on any atom is 0.185 e. The monoisotopic (exact) mass is 298 g/mol. The SMILES string of the molecule is CC[C@](O[Si](C)(C)C)(c1ccoc1)[C@H]1COC(C)(C)O1. The second kappa shape index (κ2) is 5.29. The molecule has 2 heterocycles. The molecule has 114 valence electrons. The van der Waals surface area contributed by atoms with Crippen LogP contribution in [0, 0.1) is 0 Å². The molecule has 0 radical (unpaired) electrons. The van der Waals surface area contributed by atoms with Crippen LogP contribution in [0.1, 0.15) is 32.8 Å². The molecular formula is C15H26O4Si. The molecule has 2 rings (SSSR count). The Bertz CT molecular complexity index is 435. The Morgan fingerprint density at radius 3 is 2.50 bits per heavy atom. The van der Waals surface area contributed by atoms with E-state index in [1.165, 1.54) is 0 Å². The highest BCUT2D eigenvalue weighted by Crippen LogP contribution is 2.42. The van der Waals surface area contributed by atoms with E-state index >= 15 is 0 Å². The minimum absolute atomic E-state index is 0.119. The van der Waals surface area contributed by atoms with Gasteiger partial charge in [-0.3, -0.25) is 0 Å². The van der Waals surface area contributed by atoms with Crippen molar-refractivity contribution in [1.29, 1.82) is 0 Å². The fourth-order valence-corrected chi connectivity index (χ4v) is 4.27. The van der Waals surface area contributed by atoms with Crippen LogP contribution in [0.25, 0.3) is 0 Å². The fourth-order valence-electron chi connectivity index (χ4n) is 2.78. The van der Waals surface area contributed by atoms with Crippen LogP contribution in [0.3, 0.4) is 0 Å². The molecule has 0 bridgehead atoms. The van der Waals surface area contributed by atoms with Crippen LogP contribution in [0.4, 0.5) is 0 Å². The zero-order valence-corrected chi connectivity index (χ0v) is 14.4. The predicted octanol–water partition coefficient (Wildman–Crippen LogP) is 3.89. The molecule has 0 amide bonds. The van der Waals surface area contributed by atoms with Crippen molar-refractivity contribution in [1.82, 2.24) is 0 Å². The molecule has 1 aromatic heterocycles. The zero-order chi connectivity index (χ0) is 15.0. The Hall–Kier alpha value is -0.623. The summed E-state index contributed by atoms with van der Waals surface area (Å²) in [5.74, 6) is -0.558. The van der Waals surface area contributed by atoms with Gasteiger partial charge in [-0.15, -0.1) is 0 Å². The average Bonchev–Trinajstić information content (AvgIpc) is 2.94. The van der Waals surface area contributed by atoms with Crippen LogP contribution in [-0.2, 0) is 19.5 Å². The lowest BCUT2D eigenvalue weighted by atomic mass is 9.88. The van der Waals surface area contributed by atoms with E-state index < -0.39 is 19.7 Å². The van der Waals surface area contributed by atoms with Gasteiger partial charge in [-0.2, -0.15) is 0 Å². The normalized spacial score (nSPS) is 25.6. The van der Waals surface area contributed by atoms with Crippen molar-refractivity contribution in [3.8, 4) is 0 Å². The number of rotatable bonds is 5. The molecular weight excluding hydrogens is 272 g/mol. The summed E-state index contributed by atoms with van der Waals surface area (Å²) in [6.07, 6.45) is 4.15. The zero-order valence-electron chi connectivity index (χ0n) is 13.4. The molecule has 1 aliphatic rings. The van der Waals surface area contributed by atoms with E-state index in [0.717, 1.165) is 12.0 Å². The molecule has 1 aromatic rings. The Labute approximate surface area is 122 Å². The van der Waals surface area contributed by atoms with Crippen LogP contribution >= 0.6 is 0 Å². The highest BCUT2D eigenvalue weighted by Gasteiger charge is 2.50. The van der Waals surface area contributed by atoms with E-state index in [2.05, 4.69) is 26.6 Å². The van der Waals surface area contributed by atoms with Gasteiger partial charge in [-0.1, -0.05) is 6.92 Å². The molecule has 0 aliphatic carbocycles. The highest BCUT2D eigenvalue weighted by molar-refractivity contribution is 6.69. The Morgan fingerprint density at radius 2 is 2.10 bits per heavy atom. The van der Waals surface area contributed by atoms with E-state index in [1.54, 1.807) is 12.5 Å². The van der Waals surface area contributed by atoms with Crippen molar-refractivity contribution in [3.63, 3.8) is 0 Å². The smallest absolute Gasteiger partial charge is 0.185 e. The maximum absolute atomic E-state index is 6.57. The van der Waals surface area contributed by atoms with Crippen molar-refractivity contribution in [2.75, 3.05) is 6.61 Å². The van der Waals surface area contributed by atoms with Crippen LogP contribution in [0.2, 0.25) is 19.6 Å². The molecule has 4 nitrogen and oxygen atoms in total. The summed E-state index contributed by atoms with van der Waals surface area (Å²) in [4.78, 5) is 0. The fraction of sp³-hybridized carbons (Fsp3) is 0.733. The first-order chi connectivity index (χ1) is 9.19. The van der Waals surface area contributed by atoms with E-state index in [4.69, 9.17) is 18.3 Å². The van der Waals surface area contributed by atoms with Crippen molar-refractivity contribution in [2.24, 2.45) is 0 Å². The summed E-state index contributed by atoms with van der Waals surface area (Å²) >= 11 is 0. The Kier molecular flexibility index (Phi) is 4.17. The van der Waals surface area contributed by atoms with Gasteiger partial charge in [0.25, 0.3) is 0 Å². The first-order valence-electron chi connectivity index (χ1n) is 7.23. The summed E-state index contributed by atoms with van der Waals surface area (Å²) < 4.78 is 23.7. The lowest BCUT2D eigenvalue weighted by Gasteiger charge is -2.41. The third-order valence-corrected chi connectivity index (χ3v) is 4.53. The van der Waals surface area contributed by atoms with Gasteiger partial charge in [-0.05, 0) is 46.0 Å². The van der Waals surface area contributed by atoms with Crippen molar-refractivity contribution < 1.29 is 18.3 Å². The van der Waals surface area contributed by atoms with E-state index in [-0.39, 0.29) is 6.10 Å². The van der Waals surface area contributed by atoms with Crippen LogP contribution in [-0.4, -0.2) is 26.8 Å². The van der Waals surface area contributed by atoms with Gasteiger partial charge in [0, 0.05) is 5.56 Å². The lowest BCUT2D eigenvalue weighted by molar-refractivity contribution is -0.169. The average molecular weight is 298 g/mol. The molecule has 1 aliphatic heterocycles. The van der Waals surface area contributed by atoms with Crippen molar-refractivity contribution in [2.45, 2.75) is 64.3 Å². The molecule has 0 saturated carbocycles. The van der Waals surface area contributed by atoms with Gasteiger partial charge in [-0.25, -0.2) is 0 Å². The molecule has 0 spiro atoms. The molecule has 0 N–H and O–H groups in total. The molecule has 0 unspecified atom stereocenters. The largest absolute Gasteiger partial charge is 0.472 e. The highest BCUT2D eigenvalue weighted by atomic mass is 28.4. The Balaban J connectivity index is 2.38. The standard InChI is InChI=1S/C15H26O4Si/c1-7-15(19-20(4,5)6,12-8-9-16-10-12)13-11-17-14(2,3)18-13/h8-10,13H,7,11H2,1-6H3/t13-,15+/m1/s1. The maximum atomic E-state index is 6.57. The van der Waals surface area contributed by atoms with Crippen LogP contribution < -0.4 is 0 Å². The number of furan rings is 1. The van der Waals surface area contributed by atoms with Gasteiger partial charge in [0.1, 0.15) is 11.7 Å². The first-order valence-corrected chi connectivity index (χ1v) is 10.6. The van der Waals surface area contributed by atoms with Gasteiger partial charge >= 0.3 is 0 Å². The molecule has 20 heavy (non-hydrogen) atoms. The van der Waals surface area contributed by atoms with Crippen LogP contribution in [0.5, 0.6) is 0 Å².